The van der Waals surface area contributed by atoms with E-state index in [1.54, 1.807) is 0 Å². The lowest BCUT2D eigenvalue weighted by Gasteiger charge is -2.23. The Labute approximate surface area is 118 Å². The normalized spacial score (nSPS) is 21.5. The summed E-state index contributed by atoms with van der Waals surface area (Å²) in [6.45, 7) is 2.18. The Morgan fingerprint density at radius 2 is 2.20 bits per heavy atom. The van der Waals surface area contributed by atoms with Crippen LogP contribution in [0.3, 0.4) is 0 Å². The maximum absolute atomic E-state index is 11.9. The van der Waals surface area contributed by atoms with E-state index in [0.717, 1.165) is 55.9 Å². The molecule has 0 spiro atoms. The predicted octanol–water partition coefficient (Wildman–Crippen LogP) is 2.31. The minimum absolute atomic E-state index is 0.115. The van der Waals surface area contributed by atoms with Gasteiger partial charge in [0.05, 0.1) is 19.3 Å². The maximum atomic E-state index is 11.9. The Morgan fingerprint density at radius 1 is 1.25 bits per heavy atom. The van der Waals surface area contributed by atoms with Crippen molar-refractivity contribution < 1.29 is 14.3 Å². The summed E-state index contributed by atoms with van der Waals surface area (Å²) in [4.78, 5) is 11.9. The number of nitrogens with one attached hydrogen (secondary N) is 2. The summed E-state index contributed by atoms with van der Waals surface area (Å²) in [6.07, 6.45) is 4.01. The van der Waals surface area contributed by atoms with Crippen molar-refractivity contribution in [2.75, 3.05) is 25.1 Å². The molecular weight excluding hydrogens is 256 g/mol. The van der Waals surface area contributed by atoms with E-state index in [1.165, 1.54) is 0 Å². The van der Waals surface area contributed by atoms with Gasteiger partial charge in [0.25, 0.3) is 0 Å². The summed E-state index contributed by atoms with van der Waals surface area (Å²) >= 11 is 0. The molecule has 2 aliphatic heterocycles. The minimum atomic E-state index is -0.169. The lowest BCUT2D eigenvalue weighted by molar-refractivity contribution is 0.0739. The molecule has 108 valence electrons. The molecule has 0 radical (unpaired) electrons. The van der Waals surface area contributed by atoms with Gasteiger partial charge in [-0.3, -0.25) is 0 Å². The molecule has 1 saturated heterocycles. The van der Waals surface area contributed by atoms with Crippen LogP contribution in [-0.2, 0) is 11.2 Å². The van der Waals surface area contributed by atoms with Crippen molar-refractivity contribution in [3.63, 3.8) is 0 Å². The van der Waals surface area contributed by atoms with Crippen LogP contribution >= 0.6 is 0 Å². The zero-order valence-corrected chi connectivity index (χ0v) is 11.5. The van der Waals surface area contributed by atoms with Crippen LogP contribution < -0.4 is 15.4 Å². The number of amides is 2. The fourth-order valence-corrected chi connectivity index (χ4v) is 2.65. The SMILES string of the molecule is O=C(Nc1ccc2c(c1)CCCO2)NC1CCCOC1. The molecule has 0 aliphatic carbocycles. The van der Waals surface area contributed by atoms with Crippen LogP contribution in [0.15, 0.2) is 18.2 Å². The molecule has 5 nitrogen and oxygen atoms in total. The fourth-order valence-electron chi connectivity index (χ4n) is 2.65. The molecular formula is C15H20N2O3. The average Bonchev–Trinajstić information content (AvgIpc) is 2.48. The topological polar surface area (TPSA) is 59.6 Å². The van der Waals surface area contributed by atoms with E-state index in [9.17, 15) is 4.79 Å². The van der Waals surface area contributed by atoms with Crippen molar-refractivity contribution in [2.45, 2.75) is 31.7 Å². The van der Waals surface area contributed by atoms with Crippen LogP contribution in [0.5, 0.6) is 5.75 Å². The van der Waals surface area contributed by atoms with E-state index in [1.807, 2.05) is 18.2 Å². The van der Waals surface area contributed by atoms with E-state index in [2.05, 4.69) is 10.6 Å². The second-order valence-electron chi connectivity index (χ2n) is 5.29. The van der Waals surface area contributed by atoms with Crippen molar-refractivity contribution in [3.8, 4) is 5.75 Å². The predicted molar refractivity (Wildman–Crippen MR) is 76.3 cm³/mol. The highest BCUT2D eigenvalue weighted by Gasteiger charge is 2.17. The number of anilines is 1. The Hall–Kier alpha value is -1.75. The van der Waals surface area contributed by atoms with Gasteiger partial charge in [-0.15, -0.1) is 0 Å². The van der Waals surface area contributed by atoms with Gasteiger partial charge in [-0.1, -0.05) is 0 Å². The Kier molecular flexibility index (Phi) is 4.06. The smallest absolute Gasteiger partial charge is 0.319 e. The van der Waals surface area contributed by atoms with Gasteiger partial charge in [-0.2, -0.15) is 0 Å². The van der Waals surface area contributed by atoms with Gasteiger partial charge in [-0.05, 0) is 49.4 Å². The molecule has 2 heterocycles. The van der Waals surface area contributed by atoms with Crippen LogP contribution in [-0.4, -0.2) is 31.9 Å². The van der Waals surface area contributed by atoms with Crippen LogP contribution in [0.25, 0.3) is 0 Å². The number of fused-ring (bicyclic) bond motifs is 1. The highest BCUT2D eigenvalue weighted by Crippen LogP contribution is 2.27. The standard InChI is InChI=1S/C15H20N2O3/c18-15(17-13-4-2-7-19-10-13)16-12-5-6-14-11(9-12)3-1-8-20-14/h5-6,9,13H,1-4,7-8,10H2,(H2,16,17,18). The Morgan fingerprint density at radius 3 is 3.05 bits per heavy atom. The zero-order chi connectivity index (χ0) is 13.8. The highest BCUT2D eigenvalue weighted by molar-refractivity contribution is 5.89. The van der Waals surface area contributed by atoms with Crippen molar-refractivity contribution in [3.05, 3.63) is 23.8 Å². The van der Waals surface area contributed by atoms with E-state index < -0.39 is 0 Å². The quantitative estimate of drug-likeness (QED) is 0.871. The molecule has 1 aromatic rings. The fraction of sp³-hybridized carbons (Fsp3) is 0.533. The molecule has 0 saturated carbocycles. The molecule has 2 aliphatic rings. The Bertz CT molecular complexity index is 484. The monoisotopic (exact) mass is 276 g/mol. The van der Waals surface area contributed by atoms with Gasteiger partial charge in [0.15, 0.2) is 0 Å². The number of carbonyl (C=O) groups excluding carboxylic acids is 1. The van der Waals surface area contributed by atoms with E-state index in [0.29, 0.717) is 6.61 Å². The van der Waals surface area contributed by atoms with Gasteiger partial charge in [0.2, 0.25) is 0 Å². The molecule has 1 unspecified atom stereocenters. The summed E-state index contributed by atoms with van der Waals surface area (Å²) in [5, 5.41) is 5.82. The molecule has 2 N–H and O–H groups in total. The third-order valence-electron chi connectivity index (χ3n) is 3.66. The zero-order valence-electron chi connectivity index (χ0n) is 11.5. The van der Waals surface area contributed by atoms with E-state index in [-0.39, 0.29) is 12.1 Å². The molecule has 1 fully saturated rings. The lowest BCUT2D eigenvalue weighted by Crippen LogP contribution is -2.42. The van der Waals surface area contributed by atoms with Gasteiger partial charge in [-0.25, -0.2) is 4.79 Å². The average molecular weight is 276 g/mol. The number of hydrogen-bond acceptors (Lipinski definition) is 3. The van der Waals surface area contributed by atoms with Gasteiger partial charge < -0.3 is 20.1 Å². The molecule has 0 aromatic heterocycles. The summed E-state index contributed by atoms with van der Waals surface area (Å²) < 4.78 is 10.9. The van der Waals surface area contributed by atoms with Crippen LogP contribution in [0.4, 0.5) is 10.5 Å². The second kappa shape index (κ2) is 6.13. The van der Waals surface area contributed by atoms with Crippen molar-refractivity contribution in [2.24, 2.45) is 0 Å². The number of carbonyl (C=O) groups is 1. The third-order valence-corrected chi connectivity index (χ3v) is 3.66. The lowest BCUT2D eigenvalue weighted by atomic mass is 10.1. The van der Waals surface area contributed by atoms with E-state index >= 15 is 0 Å². The molecule has 3 rings (SSSR count). The van der Waals surface area contributed by atoms with Crippen molar-refractivity contribution in [1.82, 2.24) is 5.32 Å². The Balaban J connectivity index is 1.58. The summed E-state index contributed by atoms with van der Waals surface area (Å²) in [5.74, 6) is 0.933. The number of rotatable bonds is 2. The number of benzene rings is 1. The number of aryl methyl sites for hydroxylation is 1. The largest absolute Gasteiger partial charge is 0.493 e. The number of hydrogen-bond donors (Lipinski definition) is 2. The number of ether oxygens (including phenoxy) is 2. The van der Waals surface area contributed by atoms with Gasteiger partial charge in [0.1, 0.15) is 5.75 Å². The molecule has 1 aromatic carbocycles. The maximum Gasteiger partial charge on any atom is 0.319 e. The summed E-state index contributed by atoms with van der Waals surface area (Å²) in [5.41, 5.74) is 1.97. The molecule has 1 atom stereocenters. The third kappa shape index (κ3) is 3.22. The first-order chi connectivity index (χ1) is 9.81. The van der Waals surface area contributed by atoms with Crippen LogP contribution in [0, 0.1) is 0 Å². The van der Waals surface area contributed by atoms with E-state index in [4.69, 9.17) is 9.47 Å². The first kappa shape index (κ1) is 13.2. The summed E-state index contributed by atoms with van der Waals surface area (Å²) in [7, 11) is 0. The second-order valence-corrected chi connectivity index (χ2v) is 5.29. The van der Waals surface area contributed by atoms with Gasteiger partial charge in [0, 0.05) is 12.3 Å². The molecule has 2 amide bonds. The molecule has 5 heteroatoms. The minimum Gasteiger partial charge on any atom is -0.493 e. The van der Waals surface area contributed by atoms with Crippen LogP contribution in [0.1, 0.15) is 24.8 Å². The molecule has 0 bridgehead atoms. The number of urea groups is 1. The van der Waals surface area contributed by atoms with Crippen molar-refractivity contribution >= 4 is 11.7 Å². The first-order valence-electron chi connectivity index (χ1n) is 7.22. The van der Waals surface area contributed by atoms with Crippen molar-refractivity contribution in [1.29, 1.82) is 0 Å². The van der Waals surface area contributed by atoms with Gasteiger partial charge >= 0.3 is 6.03 Å². The highest BCUT2D eigenvalue weighted by atomic mass is 16.5. The van der Waals surface area contributed by atoms with Crippen LogP contribution in [0.2, 0.25) is 0 Å². The first-order valence-corrected chi connectivity index (χ1v) is 7.22. The summed E-state index contributed by atoms with van der Waals surface area (Å²) in [6, 6.07) is 5.74. The molecule has 20 heavy (non-hydrogen) atoms.